The maximum absolute atomic E-state index is 13.2. The van der Waals surface area contributed by atoms with Gasteiger partial charge in [0.15, 0.2) is 11.5 Å². The second-order valence-electron chi connectivity index (χ2n) is 6.33. The van der Waals surface area contributed by atoms with Crippen molar-refractivity contribution in [2.24, 2.45) is 5.73 Å². The highest BCUT2D eigenvalue weighted by Gasteiger charge is 2.18. The second-order valence-corrected chi connectivity index (χ2v) is 6.72. The molecule has 29 heavy (non-hydrogen) atoms. The number of aromatic nitrogens is 5. The van der Waals surface area contributed by atoms with Crippen LogP contribution in [0.3, 0.4) is 0 Å². The Kier molecular flexibility index (Phi) is 4.81. The predicted molar refractivity (Wildman–Crippen MR) is 107 cm³/mol. The minimum absolute atomic E-state index is 0.131. The lowest BCUT2D eigenvalue weighted by Crippen LogP contribution is -2.18. The number of anilines is 1. The van der Waals surface area contributed by atoms with Gasteiger partial charge in [-0.05, 0) is 24.6 Å². The Bertz CT molecular complexity index is 1210. The number of aromatic amines is 1. The molecule has 0 saturated carbocycles. The molecule has 0 spiro atoms. The molecule has 1 atom stereocenters. The van der Waals surface area contributed by atoms with Crippen LogP contribution in [-0.2, 0) is 0 Å². The SMILES string of the molecule is C[C@H](Nc1nc(-c2c[nH]c3ncc(Cl)nc23)ncc1C(N)=O)c1ccc(F)cc1. The molecular weight excluding hydrogens is 397 g/mol. The molecular formula is C19H15ClFN7O. The summed E-state index contributed by atoms with van der Waals surface area (Å²) in [7, 11) is 0. The molecule has 8 nitrogen and oxygen atoms in total. The average Bonchev–Trinajstić information content (AvgIpc) is 3.11. The van der Waals surface area contributed by atoms with E-state index in [1.807, 2.05) is 6.92 Å². The average molecular weight is 412 g/mol. The van der Waals surface area contributed by atoms with Gasteiger partial charge in [0.1, 0.15) is 22.3 Å². The van der Waals surface area contributed by atoms with Gasteiger partial charge in [-0.2, -0.15) is 0 Å². The first-order valence-electron chi connectivity index (χ1n) is 8.61. The van der Waals surface area contributed by atoms with E-state index < -0.39 is 5.91 Å². The number of amides is 1. The predicted octanol–water partition coefficient (Wildman–Crippen LogP) is 3.48. The van der Waals surface area contributed by atoms with E-state index in [4.69, 9.17) is 17.3 Å². The number of carbonyl (C=O) groups is 1. The van der Waals surface area contributed by atoms with Crippen molar-refractivity contribution >= 4 is 34.5 Å². The van der Waals surface area contributed by atoms with Crippen LogP contribution in [0, 0.1) is 5.82 Å². The summed E-state index contributed by atoms with van der Waals surface area (Å²) in [6.45, 7) is 1.86. The van der Waals surface area contributed by atoms with Gasteiger partial charge in [-0.3, -0.25) is 4.79 Å². The summed E-state index contributed by atoms with van der Waals surface area (Å²) in [6.07, 6.45) is 4.44. The van der Waals surface area contributed by atoms with Crippen molar-refractivity contribution in [1.82, 2.24) is 24.9 Å². The van der Waals surface area contributed by atoms with E-state index in [0.717, 1.165) is 5.56 Å². The highest BCUT2D eigenvalue weighted by atomic mass is 35.5. The molecule has 4 rings (SSSR count). The molecule has 0 radical (unpaired) electrons. The molecule has 146 valence electrons. The number of nitrogens with one attached hydrogen (secondary N) is 2. The molecule has 3 heterocycles. The second kappa shape index (κ2) is 7.44. The van der Waals surface area contributed by atoms with E-state index in [1.54, 1.807) is 18.3 Å². The lowest BCUT2D eigenvalue weighted by Gasteiger charge is -2.17. The number of hydrogen-bond donors (Lipinski definition) is 3. The number of rotatable bonds is 5. The number of benzene rings is 1. The van der Waals surface area contributed by atoms with Gasteiger partial charge in [0.25, 0.3) is 5.91 Å². The smallest absolute Gasteiger partial charge is 0.254 e. The van der Waals surface area contributed by atoms with E-state index in [9.17, 15) is 9.18 Å². The Morgan fingerprint density at radius 1 is 1.21 bits per heavy atom. The number of nitrogens with zero attached hydrogens (tertiary/aromatic N) is 4. The van der Waals surface area contributed by atoms with Crippen molar-refractivity contribution in [3.8, 4) is 11.4 Å². The minimum Gasteiger partial charge on any atom is -0.365 e. The molecule has 0 saturated heterocycles. The van der Waals surface area contributed by atoms with E-state index in [-0.39, 0.29) is 28.4 Å². The van der Waals surface area contributed by atoms with Crippen LogP contribution in [0.4, 0.5) is 10.2 Å². The Labute approximate surface area is 169 Å². The minimum atomic E-state index is -0.674. The zero-order valence-corrected chi connectivity index (χ0v) is 15.9. The monoisotopic (exact) mass is 411 g/mol. The normalized spacial score (nSPS) is 12.1. The highest BCUT2D eigenvalue weighted by Crippen LogP contribution is 2.27. The van der Waals surface area contributed by atoms with Crippen LogP contribution in [0.1, 0.15) is 28.9 Å². The number of nitrogens with two attached hydrogens (primary N) is 1. The molecule has 3 aromatic heterocycles. The lowest BCUT2D eigenvalue weighted by molar-refractivity contribution is 0.100. The molecule has 1 amide bonds. The van der Waals surface area contributed by atoms with Gasteiger partial charge in [-0.1, -0.05) is 23.7 Å². The summed E-state index contributed by atoms with van der Waals surface area (Å²) in [4.78, 5) is 32.0. The summed E-state index contributed by atoms with van der Waals surface area (Å²) in [5, 5.41) is 3.37. The number of hydrogen-bond acceptors (Lipinski definition) is 6. The Morgan fingerprint density at radius 2 is 1.97 bits per heavy atom. The van der Waals surface area contributed by atoms with E-state index >= 15 is 0 Å². The van der Waals surface area contributed by atoms with Crippen molar-refractivity contribution in [1.29, 1.82) is 0 Å². The molecule has 4 aromatic rings. The lowest BCUT2D eigenvalue weighted by atomic mass is 10.1. The number of primary amides is 1. The molecule has 0 aliphatic carbocycles. The number of carbonyl (C=O) groups excluding carboxylic acids is 1. The fraction of sp³-hybridized carbons (Fsp3) is 0.105. The van der Waals surface area contributed by atoms with E-state index in [0.29, 0.717) is 22.6 Å². The summed E-state index contributed by atoms with van der Waals surface area (Å²) in [5.74, 6) is -0.440. The summed E-state index contributed by atoms with van der Waals surface area (Å²) >= 11 is 5.95. The quantitative estimate of drug-likeness (QED) is 0.462. The van der Waals surface area contributed by atoms with Crippen LogP contribution in [0.15, 0.2) is 42.9 Å². The summed E-state index contributed by atoms with van der Waals surface area (Å²) < 4.78 is 13.2. The zero-order valence-electron chi connectivity index (χ0n) is 15.1. The van der Waals surface area contributed by atoms with Crippen LogP contribution >= 0.6 is 11.6 Å². The molecule has 0 aliphatic heterocycles. The maximum Gasteiger partial charge on any atom is 0.254 e. The van der Waals surface area contributed by atoms with E-state index in [1.165, 1.54) is 24.5 Å². The highest BCUT2D eigenvalue weighted by molar-refractivity contribution is 6.29. The maximum atomic E-state index is 13.2. The van der Waals surface area contributed by atoms with Crippen LogP contribution in [0.2, 0.25) is 5.15 Å². The van der Waals surface area contributed by atoms with Crippen LogP contribution in [-0.4, -0.2) is 30.8 Å². The summed E-state index contributed by atoms with van der Waals surface area (Å²) in [6, 6.07) is 5.76. The molecule has 10 heteroatoms. The fourth-order valence-electron chi connectivity index (χ4n) is 2.88. The first-order valence-corrected chi connectivity index (χ1v) is 8.99. The van der Waals surface area contributed by atoms with Gasteiger partial charge in [0.05, 0.1) is 17.3 Å². The number of H-pyrrole nitrogens is 1. The van der Waals surface area contributed by atoms with Crippen molar-refractivity contribution < 1.29 is 9.18 Å². The van der Waals surface area contributed by atoms with Gasteiger partial charge in [0.2, 0.25) is 0 Å². The first-order chi connectivity index (χ1) is 13.9. The van der Waals surface area contributed by atoms with Crippen molar-refractivity contribution in [3.63, 3.8) is 0 Å². The Morgan fingerprint density at radius 3 is 2.69 bits per heavy atom. The summed E-state index contributed by atoms with van der Waals surface area (Å²) in [5.41, 5.74) is 8.02. The molecule has 0 bridgehead atoms. The van der Waals surface area contributed by atoms with E-state index in [2.05, 4.69) is 30.2 Å². The molecule has 0 unspecified atom stereocenters. The number of fused-ring (bicyclic) bond motifs is 1. The van der Waals surface area contributed by atoms with Crippen molar-refractivity contribution in [2.45, 2.75) is 13.0 Å². The van der Waals surface area contributed by atoms with Gasteiger partial charge in [-0.15, -0.1) is 0 Å². The van der Waals surface area contributed by atoms with Crippen LogP contribution < -0.4 is 11.1 Å². The zero-order chi connectivity index (χ0) is 20.5. The van der Waals surface area contributed by atoms with Gasteiger partial charge < -0.3 is 16.0 Å². The van der Waals surface area contributed by atoms with Crippen molar-refractivity contribution in [3.05, 3.63) is 65.0 Å². The topological polar surface area (TPSA) is 122 Å². The Balaban J connectivity index is 1.75. The first kappa shape index (κ1) is 18.8. The third kappa shape index (κ3) is 3.72. The van der Waals surface area contributed by atoms with Crippen LogP contribution in [0.5, 0.6) is 0 Å². The fourth-order valence-corrected chi connectivity index (χ4v) is 3.02. The van der Waals surface area contributed by atoms with Gasteiger partial charge >= 0.3 is 0 Å². The molecule has 1 aromatic carbocycles. The largest absolute Gasteiger partial charge is 0.365 e. The Hall–Kier alpha value is -3.59. The number of halogens is 2. The molecule has 0 fully saturated rings. The molecule has 0 aliphatic rings. The molecule has 4 N–H and O–H groups in total. The third-order valence-electron chi connectivity index (χ3n) is 4.37. The van der Waals surface area contributed by atoms with Gasteiger partial charge in [0, 0.05) is 18.4 Å². The van der Waals surface area contributed by atoms with Gasteiger partial charge in [-0.25, -0.2) is 24.3 Å². The van der Waals surface area contributed by atoms with Crippen LogP contribution in [0.25, 0.3) is 22.6 Å². The third-order valence-corrected chi connectivity index (χ3v) is 4.55. The standard InChI is InChI=1S/C19H15ClFN7O/c1-9(10-2-4-11(21)5-3-10)26-18-13(16(22)29)7-23-17(28-18)12-6-24-19-15(12)27-14(20)8-25-19/h2-9H,1H3,(H2,22,29)(H,24,25)(H,23,26,28)/t9-/m0/s1. The van der Waals surface area contributed by atoms with Crippen molar-refractivity contribution in [2.75, 3.05) is 5.32 Å².